The number of halogens is 3. The van der Waals surface area contributed by atoms with Gasteiger partial charge >= 0.3 is 0 Å². The minimum absolute atomic E-state index is 0.233. The van der Waals surface area contributed by atoms with Gasteiger partial charge in [-0.3, -0.25) is 9.69 Å². The van der Waals surface area contributed by atoms with Gasteiger partial charge in [0, 0.05) is 56.6 Å². The first-order valence-corrected chi connectivity index (χ1v) is 11.7. The van der Waals surface area contributed by atoms with Crippen LogP contribution in [0.25, 0.3) is 6.08 Å². The number of benzene rings is 2. The molecule has 3 aromatic rings. The predicted octanol–water partition coefficient (Wildman–Crippen LogP) is 5.64. The zero-order valence-corrected chi connectivity index (χ0v) is 20.3. The lowest BCUT2D eigenvalue weighted by atomic mass is 10.1. The van der Waals surface area contributed by atoms with E-state index in [1.54, 1.807) is 19.2 Å². The molecule has 1 saturated heterocycles. The first-order valence-electron chi connectivity index (χ1n) is 11.0. The van der Waals surface area contributed by atoms with E-state index >= 15 is 0 Å². The van der Waals surface area contributed by atoms with Gasteiger partial charge in [-0.25, -0.2) is 9.37 Å². The lowest BCUT2D eigenvalue weighted by Gasteiger charge is -2.37. The summed E-state index contributed by atoms with van der Waals surface area (Å²) in [5.74, 6) is -0.567. The van der Waals surface area contributed by atoms with Crippen molar-refractivity contribution in [1.82, 2.24) is 9.88 Å². The zero-order chi connectivity index (χ0) is 24.1. The number of nitrogens with zero attached hydrogens (tertiary/aromatic N) is 4. The number of hydrogen-bond acceptors (Lipinski definition) is 4. The molecule has 1 aliphatic rings. The van der Waals surface area contributed by atoms with E-state index in [2.05, 4.69) is 26.9 Å². The number of pyridine rings is 1. The number of anilines is 2. The van der Waals surface area contributed by atoms with Crippen molar-refractivity contribution in [3.8, 4) is 0 Å². The minimum atomic E-state index is -0.333. The Hall–Kier alpha value is -2.93. The molecule has 0 bridgehead atoms. The van der Waals surface area contributed by atoms with Crippen LogP contribution in [0.3, 0.4) is 0 Å². The Bertz CT molecular complexity index is 1180. The van der Waals surface area contributed by atoms with Crippen LogP contribution >= 0.6 is 23.2 Å². The Balaban J connectivity index is 1.42. The monoisotopic (exact) mass is 498 g/mol. The van der Waals surface area contributed by atoms with Crippen molar-refractivity contribution < 1.29 is 9.18 Å². The molecule has 0 atom stereocenters. The number of aromatic nitrogens is 1. The predicted molar refractivity (Wildman–Crippen MR) is 138 cm³/mol. The van der Waals surface area contributed by atoms with Crippen molar-refractivity contribution in [3.63, 3.8) is 0 Å². The second-order valence-electron chi connectivity index (χ2n) is 8.11. The summed E-state index contributed by atoms with van der Waals surface area (Å²) >= 11 is 11.9. The van der Waals surface area contributed by atoms with Gasteiger partial charge in [0.05, 0.1) is 11.4 Å². The van der Waals surface area contributed by atoms with Crippen molar-refractivity contribution in [2.24, 2.45) is 0 Å². The summed E-state index contributed by atoms with van der Waals surface area (Å²) in [5.41, 5.74) is 2.88. The SMILES string of the molecule is CN(C(=O)c1ccnc(Cl)c1)c1ccc(F)cc1N1CCN(C/C=C/c2ccc(Cl)cc2)CC1. The number of carbonyl (C=O) groups excluding carboxylic acids is 1. The fraction of sp³-hybridized carbons (Fsp3) is 0.231. The van der Waals surface area contributed by atoms with E-state index in [-0.39, 0.29) is 16.9 Å². The van der Waals surface area contributed by atoms with Crippen LogP contribution in [-0.4, -0.2) is 55.6 Å². The maximum atomic E-state index is 14.2. The lowest BCUT2D eigenvalue weighted by Crippen LogP contribution is -2.46. The van der Waals surface area contributed by atoms with Crippen LogP contribution in [0.15, 0.2) is 66.9 Å². The Morgan fingerprint density at radius 1 is 1.06 bits per heavy atom. The first kappa shape index (κ1) is 24.2. The third-order valence-corrected chi connectivity index (χ3v) is 6.29. The van der Waals surface area contributed by atoms with E-state index in [0.717, 1.165) is 43.3 Å². The van der Waals surface area contributed by atoms with E-state index in [4.69, 9.17) is 23.2 Å². The Morgan fingerprint density at radius 2 is 1.79 bits per heavy atom. The molecule has 0 N–H and O–H groups in total. The summed E-state index contributed by atoms with van der Waals surface area (Å²) in [6, 6.07) is 15.4. The number of amides is 1. The van der Waals surface area contributed by atoms with Crippen LogP contribution in [0.1, 0.15) is 15.9 Å². The quantitative estimate of drug-likeness (QED) is 0.412. The van der Waals surface area contributed by atoms with Crippen molar-refractivity contribution in [2.75, 3.05) is 49.6 Å². The Labute approximate surface area is 209 Å². The molecule has 0 spiro atoms. The molecule has 0 unspecified atom stereocenters. The van der Waals surface area contributed by atoms with Crippen molar-refractivity contribution in [1.29, 1.82) is 0 Å². The molecule has 1 fully saturated rings. The van der Waals surface area contributed by atoms with E-state index in [0.29, 0.717) is 16.9 Å². The topological polar surface area (TPSA) is 39.7 Å². The molecule has 1 amide bonds. The normalized spacial score (nSPS) is 14.5. The summed E-state index contributed by atoms with van der Waals surface area (Å²) in [6.07, 6.45) is 5.72. The lowest BCUT2D eigenvalue weighted by molar-refractivity contribution is 0.0993. The fourth-order valence-electron chi connectivity index (χ4n) is 3.96. The summed E-state index contributed by atoms with van der Waals surface area (Å²) in [5, 5.41) is 0.974. The van der Waals surface area contributed by atoms with Gasteiger partial charge in [-0.2, -0.15) is 0 Å². The molecule has 0 radical (unpaired) electrons. The maximum Gasteiger partial charge on any atom is 0.258 e. The molecule has 0 saturated carbocycles. The van der Waals surface area contributed by atoms with Crippen LogP contribution in [-0.2, 0) is 0 Å². The third-order valence-electron chi connectivity index (χ3n) is 5.83. The molecular formula is C26H25Cl2FN4O. The minimum Gasteiger partial charge on any atom is -0.367 e. The van der Waals surface area contributed by atoms with Crippen molar-refractivity contribution in [2.45, 2.75) is 0 Å². The van der Waals surface area contributed by atoms with E-state index in [9.17, 15) is 9.18 Å². The van der Waals surface area contributed by atoms with E-state index in [1.165, 1.54) is 29.3 Å². The standard InChI is InChI=1S/C26H25Cl2FN4O/c1-31(26(34)20-10-11-30-25(28)17-20)23-9-8-22(29)18-24(23)33-15-13-32(14-16-33)12-2-3-19-4-6-21(27)7-5-19/h2-11,17-18H,12-16H2,1H3/b3-2+. The summed E-state index contributed by atoms with van der Waals surface area (Å²) in [7, 11) is 1.69. The van der Waals surface area contributed by atoms with Gasteiger partial charge in [-0.15, -0.1) is 0 Å². The molecule has 34 heavy (non-hydrogen) atoms. The number of piperazine rings is 1. The van der Waals surface area contributed by atoms with Crippen LogP contribution in [0.5, 0.6) is 0 Å². The summed E-state index contributed by atoms with van der Waals surface area (Å²) in [6.45, 7) is 3.95. The maximum absolute atomic E-state index is 14.2. The van der Waals surface area contributed by atoms with Crippen LogP contribution < -0.4 is 9.80 Å². The summed E-state index contributed by atoms with van der Waals surface area (Å²) in [4.78, 5) is 23.0. The Morgan fingerprint density at radius 3 is 2.50 bits per heavy atom. The molecule has 176 valence electrons. The highest BCUT2D eigenvalue weighted by atomic mass is 35.5. The van der Waals surface area contributed by atoms with Gasteiger partial charge in [0.15, 0.2) is 0 Å². The smallest absolute Gasteiger partial charge is 0.258 e. The molecule has 1 aliphatic heterocycles. The van der Waals surface area contributed by atoms with Crippen LogP contribution in [0, 0.1) is 5.82 Å². The van der Waals surface area contributed by atoms with Crippen LogP contribution in [0.2, 0.25) is 10.2 Å². The first-order chi connectivity index (χ1) is 16.4. The van der Waals surface area contributed by atoms with Crippen LogP contribution in [0.4, 0.5) is 15.8 Å². The van der Waals surface area contributed by atoms with Crippen molar-refractivity contribution in [3.05, 3.63) is 94.0 Å². The molecule has 1 aromatic heterocycles. The highest BCUT2D eigenvalue weighted by molar-refractivity contribution is 6.30. The van der Waals surface area contributed by atoms with Gasteiger partial charge in [0.25, 0.3) is 5.91 Å². The average molecular weight is 499 g/mol. The third kappa shape index (κ3) is 5.95. The van der Waals surface area contributed by atoms with E-state index < -0.39 is 0 Å². The average Bonchev–Trinajstić information content (AvgIpc) is 2.85. The molecule has 8 heteroatoms. The number of carbonyl (C=O) groups is 1. The van der Waals surface area contributed by atoms with Gasteiger partial charge in [0.2, 0.25) is 0 Å². The molecule has 5 nitrogen and oxygen atoms in total. The van der Waals surface area contributed by atoms with Gasteiger partial charge < -0.3 is 9.80 Å². The second kappa shape index (κ2) is 11.0. The number of hydrogen-bond donors (Lipinski definition) is 0. The highest BCUT2D eigenvalue weighted by Gasteiger charge is 2.23. The largest absolute Gasteiger partial charge is 0.367 e. The van der Waals surface area contributed by atoms with Gasteiger partial charge in [-0.05, 0) is 48.0 Å². The molecule has 0 aliphatic carbocycles. The van der Waals surface area contributed by atoms with Gasteiger partial charge in [0.1, 0.15) is 11.0 Å². The molecular weight excluding hydrogens is 474 g/mol. The van der Waals surface area contributed by atoms with Crippen molar-refractivity contribution >= 4 is 46.6 Å². The summed E-state index contributed by atoms with van der Waals surface area (Å²) < 4.78 is 14.2. The molecule has 2 aromatic carbocycles. The Kier molecular flexibility index (Phi) is 7.83. The molecule has 2 heterocycles. The number of rotatable bonds is 6. The molecule has 4 rings (SSSR count). The highest BCUT2D eigenvalue weighted by Crippen LogP contribution is 2.31. The fourth-order valence-corrected chi connectivity index (χ4v) is 4.26. The zero-order valence-electron chi connectivity index (χ0n) is 18.8. The van der Waals surface area contributed by atoms with Gasteiger partial charge in [-0.1, -0.05) is 47.5 Å². The van der Waals surface area contributed by atoms with E-state index in [1.807, 2.05) is 24.3 Å². The second-order valence-corrected chi connectivity index (χ2v) is 8.93.